The summed E-state index contributed by atoms with van der Waals surface area (Å²) in [5.74, 6) is 1.11. The number of imidazole rings is 1. The SMILES string of the molecule is Cc1nc(C)n(C(C)(C)C)c1C. The van der Waals surface area contributed by atoms with E-state index in [0.717, 1.165) is 11.5 Å². The summed E-state index contributed by atoms with van der Waals surface area (Å²) in [6.07, 6.45) is 0. The Morgan fingerprint density at radius 1 is 1.08 bits per heavy atom. The van der Waals surface area contributed by atoms with Crippen molar-refractivity contribution >= 4 is 0 Å². The van der Waals surface area contributed by atoms with Crippen molar-refractivity contribution in [1.29, 1.82) is 0 Å². The second-order valence-electron chi connectivity index (χ2n) is 4.34. The number of hydrogen-bond acceptors (Lipinski definition) is 1. The highest BCUT2D eigenvalue weighted by Crippen LogP contribution is 2.20. The molecule has 0 fully saturated rings. The summed E-state index contributed by atoms with van der Waals surface area (Å²) in [6, 6.07) is 0. The van der Waals surface area contributed by atoms with Crippen molar-refractivity contribution in [2.45, 2.75) is 47.1 Å². The minimum absolute atomic E-state index is 0.148. The zero-order valence-corrected chi connectivity index (χ0v) is 8.89. The Kier molecular flexibility index (Phi) is 2.02. The van der Waals surface area contributed by atoms with E-state index in [1.807, 2.05) is 0 Å². The van der Waals surface area contributed by atoms with Crippen LogP contribution in [0, 0.1) is 20.8 Å². The maximum absolute atomic E-state index is 4.44. The van der Waals surface area contributed by atoms with Gasteiger partial charge in [0.15, 0.2) is 0 Å². The first kappa shape index (κ1) is 9.30. The van der Waals surface area contributed by atoms with Gasteiger partial charge in [-0.1, -0.05) is 0 Å². The largest absolute Gasteiger partial charge is 0.327 e. The van der Waals surface area contributed by atoms with Crippen molar-refractivity contribution in [1.82, 2.24) is 9.55 Å². The molecule has 2 nitrogen and oxygen atoms in total. The van der Waals surface area contributed by atoms with E-state index in [1.165, 1.54) is 5.69 Å². The number of aryl methyl sites for hydroxylation is 2. The molecule has 0 radical (unpaired) electrons. The Bertz CT molecular complexity index is 290. The van der Waals surface area contributed by atoms with E-state index in [4.69, 9.17) is 0 Å². The lowest BCUT2D eigenvalue weighted by molar-refractivity contribution is 0.380. The smallest absolute Gasteiger partial charge is 0.106 e. The molecule has 1 rings (SSSR count). The lowest BCUT2D eigenvalue weighted by atomic mass is 10.1. The van der Waals surface area contributed by atoms with Crippen LogP contribution in [-0.4, -0.2) is 9.55 Å². The van der Waals surface area contributed by atoms with Crippen LogP contribution in [0.3, 0.4) is 0 Å². The van der Waals surface area contributed by atoms with Crippen LogP contribution in [0.5, 0.6) is 0 Å². The van der Waals surface area contributed by atoms with Gasteiger partial charge in [0.1, 0.15) is 5.82 Å². The topological polar surface area (TPSA) is 17.8 Å². The molecule has 0 aliphatic carbocycles. The van der Waals surface area contributed by atoms with Crippen molar-refractivity contribution in [3.8, 4) is 0 Å². The molecule has 0 atom stereocenters. The molecule has 0 aliphatic heterocycles. The second-order valence-corrected chi connectivity index (χ2v) is 4.34. The highest BCUT2D eigenvalue weighted by molar-refractivity contribution is 5.15. The van der Waals surface area contributed by atoms with Crippen LogP contribution in [-0.2, 0) is 5.54 Å². The highest BCUT2D eigenvalue weighted by Gasteiger charge is 2.18. The first-order valence-corrected chi connectivity index (χ1v) is 4.37. The van der Waals surface area contributed by atoms with Gasteiger partial charge in [-0.2, -0.15) is 0 Å². The van der Waals surface area contributed by atoms with Crippen LogP contribution in [0.4, 0.5) is 0 Å². The third-order valence-corrected chi connectivity index (χ3v) is 2.18. The number of nitrogens with zero attached hydrogens (tertiary/aromatic N) is 2. The molecule has 0 bridgehead atoms. The van der Waals surface area contributed by atoms with Crippen molar-refractivity contribution in [2.24, 2.45) is 0 Å². The fourth-order valence-electron chi connectivity index (χ4n) is 1.77. The molecule has 0 aliphatic rings. The van der Waals surface area contributed by atoms with E-state index < -0.39 is 0 Å². The lowest BCUT2D eigenvalue weighted by Gasteiger charge is -2.24. The van der Waals surface area contributed by atoms with E-state index in [1.54, 1.807) is 0 Å². The molecule has 0 amide bonds. The Morgan fingerprint density at radius 3 is 1.75 bits per heavy atom. The van der Waals surface area contributed by atoms with Gasteiger partial charge in [0.05, 0.1) is 5.69 Å². The molecular weight excluding hydrogens is 148 g/mol. The van der Waals surface area contributed by atoms with E-state index in [0.29, 0.717) is 0 Å². The molecule has 1 aromatic rings. The fraction of sp³-hybridized carbons (Fsp3) is 0.700. The molecule has 0 N–H and O–H groups in total. The van der Waals surface area contributed by atoms with Gasteiger partial charge in [-0.15, -0.1) is 0 Å². The Hall–Kier alpha value is -0.790. The van der Waals surface area contributed by atoms with Crippen LogP contribution >= 0.6 is 0 Å². The molecule has 12 heavy (non-hydrogen) atoms. The maximum atomic E-state index is 4.44. The van der Waals surface area contributed by atoms with Gasteiger partial charge in [0.25, 0.3) is 0 Å². The summed E-state index contributed by atoms with van der Waals surface area (Å²) in [4.78, 5) is 4.44. The molecule has 68 valence electrons. The van der Waals surface area contributed by atoms with Crippen molar-refractivity contribution in [3.05, 3.63) is 17.2 Å². The van der Waals surface area contributed by atoms with E-state index in [-0.39, 0.29) is 5.54 Å². The highest BCUT2D eigenvalue weighted by atomic mass is 15.1. The monoisotopic (exact) mass is 166 g/mol. The van der Waals surface area contributed by atoms with Gasteiger partial charge in [-0.05, 0) is 41.5 Å². The maximum Gasteiger partial charge on any atom is 0.106 e. The standard InChI is InChI=1S/C10H18N2/c1-7-8(2)12(9(3)11-7)10(4,5)6/h1-6H3. The van der Waals surface area contributed by atoms with E-state index >= 15 is 0 Å². The normalized spacial score (nSPS) is 12.2. The van der Waals surface area contributed by atoms with Crippen LogP contribution in [0.2, 0.25) is 0 Å². The summed E-state index contributed by atoms with van der Waals surface area (Å²) in [7, 11) is 0. The van der Waals surface area contributed by atoms with Crippen LogP contribution in [0.25, 0.3) is 0 Å². The van der Waals surface area contributed by atoms with Crippen molar-refractivity contribution in [2.75, 3.05) is 0 Å². The predicted octanol–water partition coefficient (Wildman–Crippen LogP) is 2.56. The van der Waals surface area contributed by atoms with E-state index in [9.17, 15) is 0 Å². The zero-order valence-electron chi connectivity index (χ0n) is 8.89. The Morgan fingerprint density at radius 2 is 1.58 bits per heavy atom. The first-order valence-electron chi connectivity index (χ1n) is 4.37. The van der Waals surface area contributed by atoms with Crippen molar-refractivity contribution in [3.63, 3.8) is 0 Å². The second kappa shape index (κ2) is 2.61. The minimum atomic E-state index is 0.148. The Balaban J connectivity index is 3.32. The third kappa shape index (κ3) is 1.38. The quantitative estimate of drug-likeness (QED) is 0.579. The number of aromatic nitrogens is 2. The van der Waals surface area contributed by atoms with E-state index in [2.05, 4.69) is 51.1 Å². The minimum Gasteiger partial charge on any atom is -0.327 e. The molecule has 2 heteroatoms. The van der Waals surface area contributed by atoms with Gasteiger partial charge < -0.3 is 4.57 Å². The van der Waals surface area contributed by atoms with Crippen LogP contribution in [0.15, 0.2) is 0 Å². The van der Waals surface area contributed by atoms with Gasteiger partial charge in [0.2, 0.25) is 0 Å². The number of hydrogen-bond donors (Lipinski definition) is 0. The summed E-state index contributed by atoms with van der Waals surface area (Å²) >= 11 is 0. The predicted molar refractivity (Wildman–Crippen MR) is 51.4 cm³/mol. The van der Waals surface area contributed by atoms with Crippen LogP contribution in [0.1, 0.15) is 38.0 Å². The van der Waals surface area contributed by atoms with Gasteiger partial charge in [-0.25, -0.2) is 4.98 Å². The average molecular weight is 166 g/mol. The zero-order chi connectivity index (χ0) is 9.52. The molecule has 0 unspecified atom stereocenters. The molecular formula is C10H18N2. The van der Waals surface area contributed by atoms with Crippen LogP contribution < -0.4 is 0 Å². The molecule has 0 saturated heterocycles. The van der Waals surface area contributed by atoms with Gasteiger partial charge in [-0.3, -0.25) is 0 Å². The fourth-order valence-corrected chi connectivity index (χ4v) is 1.77. The number of rotatable bonds is 0. The Labute approximate surface area is 74.6 Å². The lowest BCUT2D eigenvalue weighted by Crippen LogP contribution is -2.24. The summed E-state index contributed by atoms with van der Waals surface area (Å²) < 4.78 is 2.28. The van der Waals surface area contributed by atoms with Gasteiger partial charge in [0, 0.05) is 11.2 Å². The molecule has 0 saturated carbocycles. The third-order valence-electron chi connectivity index (χ3n) is 2.18. The molecule has 0 aromatic carbocycles. The molecule has 1 aromatic heterocycles. The van der Waals surface area contributed by atoms with Gasteiger partial charge >= 0.3 is 0 Å². The average Bonchev–Trinajstić information content (AvgIpc) is 2.05. The summed E-state index contributed by atoms with van der Waals surface area (Å²) in [6.45, 7) is 12.9. The first-order chi connectivity index (χ1) is 5.34. The summed E-state index contributed by atoms with van der Waals surface area (Å²) in [5, 5.41) is 0. The molecule has 1 heterocycles. The van der Waals surface area contributed by atoms with Crippen molar-refractivity contribution < 1.29 is 0 Å². The molecule has 0 spiro atoms. The summed E-state index contributed by atoms with van der Waals surface area (Å²) in [5.41, 5.74) is 2.57.